The highest BCUT2D eigenvalue weighted by molar-refractivity contribution is 14.0. The van der Waals surface area contributed by atoms with E-state index < -0.39 is 0 Å². The number of halogens is 2. The molecule has 0 spiro atoms. The molecule has 2 heterocycles. The van der Waals surface area contributed by atoms with Crippen molar-refractivity contribution in [1.29, 1.82) is 0 Å². The van der Waals surface area contributed by atoms with Gasteiger partial charge in [0.15, 0.2) is 5.96 Å². The molecule has 1 aromatic rings. The van der Waals surface area contributed by atoms with Crippen LogP contribution in [0.3, 0.4) is 0 Å². The summed E-state index contributed by atoms with van der Waals surface area (Å²) < 4.78 is 0. The van der Waals surface area contributed by atoms with Gasteiger partial charge in [0, 0.05) is 58.4 Å². The molecular weight excluding hydrogens is 487 g/mol. The summed E-state index contributed by atoms with van der Waals surface area (Å²) in [7, 11) is 6.25. The summed E-state index contributed by atoms with van der Waals surface area (Å²) in [5, 5.41) is 7.97. The number of aliphatic imine (C=N–C) groups is 1. The molecule has 8 heteroatoms. The lowest BCUT2D eigenvalue weighted by Gasteiger charge is -2.38. The Hall–Kier alpha value is -0.770. The second-order valence-electron chi connectivity index (χ2n) is 7.73. The van der Waals surface area contributed by atoms with E-state index in [0.717, 1.165) is 68.8 Å². The summed E-state index contributed by atoms with van der Waals surface area (Å²) in [6.45, 7) is 6.24. The molecule has 2 aliphatic rings. The Labute approximate surface area is 191 Å². The average Bonchev–Trinajstić information content (AvgIpc) is 2.68. The summed E-state index contributed by atoms with van der Waals surface area (Å²) in [6, 6.07) is 8.98. The molecule has 3 rings (SSSR count). The number of piperazine rings is 1. The van der Waals surface area contributed by atoms with E-state index in [0.29, 0.717) is 12.1 Å². The Morgan fingerprint density at radius 3 is 2.71 bits per heavy atom. The summed E-state index contributed by atoms with van der Waals surface area (Å²) in [6.07, 6.45) is 2.30. The van der Waals surface area contributed by atoms with Crippen LogP contribution < -0.4 is 15.5 Å². The molecule has 2 fully saturated rings. The molecular formula is C20H34ClIN6. The van der Waals surface area contributed by atoms with Crippen molar-refractivity contribution in [3.63, 3.8) is 0 Å². The van der Waals surface area contributed by atoms with Gasteiger partial charge in [-0.1, -0.05) is 23.7 Å². The summed E-state index contributed by atoms with van der Waals surface area (Å²) >= 11 is 6.39. The first-order valence-corrected chi connectivity index (χ1v) is 10.3. The Balaban J connectivity index is 0.00000280. The fourth-order valence-corrected chi connectivity index (χ4v) is 4.20. The normalized spacial score (nSPS) is 24.6. The van der Waals surface area contributed by atoms with Crippen LogP contribution in [-0.2, 0) is 0 Å². The highest BCUT2D eigenvalue weighted by Gasteiger charge is 2.24. The Morgan fingerprint density at radius 2 is 1.96 bits per heavy atom. The van der Waals surface area contributed by atoms with Gasteiger partial charge in [-0.15, -0.1) is 24.0 Å². The van der Waals surface area contributed by atoms with Gasteiger partial charge in [0.05, 0.1) is 10.7 Å². The van der Waals surface area contributed by atoms with Crippen LogP contribution in [0.2, 0.25) is 5.02 Å². The van der Waals surface area contributed by atoms with Crippen molar-refractivity contribution < 1.29 is 0 Å². The summed E-state index contributed by atoms with van der Waals surface area (Å²) in [4.78, 5) is 11.6. The zero-order valence-electron chi connectivity index (χ0n) is 17.2. The molecule has 28 heavy (non-hydrogen) atoms. The number of piperidine rings is 1. The van der Waals surface area contributed by atoms with E-state index in [4.69, 9.17) is 11.6 Å². The zero-order chi connectivity index (χ0) is 19.2. The zero-order valence-corrected chi connectivity index (χ0v) is 20.3. The van der Waals surface area contributed by atoms with Gasteiger partial charge in [-0.3, -0.25) is 9.89 Å². The van der Waals surface area contributed by atoms with Gasteiger partial charge in [0.25, 0.3) is 0 Å². The molecule has 0 aromatic heterocycles. The van der Waals surface area contributed by atoms with Crippen LogP contribution in [0.1, 0.15) is 12.8 Å². The maximum atomic E-state index is 6.39. The van der Waals surface area contributed by atoms with Crippen molar-refractivity contribution in [2.75, 3.05) is 65.3 Å². The van der Waals surface area contributed by atoms with Crippen molar-refractivity contribution in [1.82, 2.24) is 20.4 Å². The number of para-hydroxylation sites is 1. The number of benzene rings is 1. The number of likely N-dealkylation sites (N-methyl/N-ethyl adjacent to an activating group) is 2. The Morgan fingerprint density at radius 1 is 1.18 bits per heavy atom. The van der Waals surface area contributed by atoms with Crippen LogP contribution in [0.5, 0.6) is 0 Å². The predicted molar refractivity (Wildman–Crippen MR) is 131 cm³/mol. The number of rotatable bonds is 4. The van der Waals surface area contributed by atoms with Crippen molar-refractivity contribution in [3.05, 3.63) is 29.3 Å². The van der Waals surface area contributed by atoms with E-state index in [1.165, 1.54) is 0 Å². The minimum atomic E-state index is 0. The lowest BCUT2D eigenvalue weighted by atomic mass is 10.0. The van der Waals surface area contributed by atoms with Gasteiger partial charge in [-0.05, 0) is 39.1 Å². The number of nitrogens with one attached hydrogen (secondary N) is 2. The van der Waals surface area contributed by atoms with E-state index in [2.05, 4.69) is 56.6 Å². The van der Waals surface area contributed by atoms with Gasteiger partial charge in [0.1, 0.15) is 0 Å². The molecule has 2 saturated heterocycles. The molecule has 2 unspecified atom stereocenters. The third kappa shape index (κ3) is 6.37. The van der Waals surface area contributed by atoms with Gasteiger partial charge >= 0.3 is 0 Å². The fourth-order valence-electron chi connectivity index (χ4n) is 3.95. The quantitative estimate of drug-likeness (QED) is 0.363. The Kier molecular flexibility index (Phi) is 9.59. The molecule has 0 bridgehead atoms. The van der Waals surface area contributed by atoms with Crippen LogP contribution in [0.4, 0.5) is 5.69 Å². The second-order valence-corrected chi connectivity index (χ2v) is 8.14. The molecule has 158 valence electrons. The van der Waals surface area contributed by atoms with Crippen LogP contribution >= 0.6 is 35.6 Å². The molecule has 0 saturated carbocycles. The second kappa shape index (κ2) is 11.4. The highest BCUT2D eigenvalue weighted by atomic mass is 127. The smallest absolute Gasteiger partial charge is 0.191 e. The van der Waals surface area contributed by atoms with Crippen LogP contribution in [0.25, 0.3) is 0 Å². The number of guanidine groups is 1. The van der Waals surface area contributed by atoms with Crippen molar-refractivity contribution >= 4 is 47.2 Å². The van der Waals surface area contributed by atoms with Gasteiger partial charge in [0.2, 0.25) is 0 Å². The lowest BCUT2D eigenvalue weighted by Crippen LogP contribution is -2.57. The molecule has 0 radical (unpaired) electrons. The van der Waals surface area contributed by atoms with Crippen LogP contribution in [0.15, 0.2) is 29.3 Å². The monoisotopic (exact) mass is 520 g/mol. The summed E-state index contributed by atoms with van der Waals surface area (Å²) in [5.41, 5.74) is 1.13. The first-order valence-electron chi connectivity index (χ1n) is 9.92. The van der Waals surface area contributed by atoms with E-state index in [1.807, 2.05) is 19.2 Å². The van der Waals surface area contributed by atoms with Gasteiger partial charge in [-0.25, -0.2) is 0 Å². The standard InChI is InChI=1S/C20H33ClN6.HI/c1-22-20(23-13-17-15-25(2)11-12-26(17)3)24-16-7-6-10-27(14-16)19-9-5-4-8-18(19)21;/h4-5,8-9,16-17H,6-7,10-15H2,1-3H3,(H2,22,23,24);1H. The highest BCUT2D eigenvalue weighted by Crippen LogP contribution is 2.27. The maximum absolute atomic E-state index is 6.39. The molecule has 6 nitrogen and oxygen atoms in total. The van der Waals surface area contributed by atoms with Crippen molar-refractivity contribution in [2.24, 2.45) is 4.99 Å². The minimum absolute atomic E-state index is 0. The first kappa shape index (κ1) is 23.5. The minimum Gasteiger partial charge on any atom is -0.368 e. The van der Waals surface area contributed by atoms with Crippen LogP contribution in [-0.4, -0.2) is 88.3 Å². The van der Waals surface area contributed by atoms with Crippen molar-refractivity contribution in [2.45, 2.75) is 24.9 Å². The third-order valence-corrected chi connectivity index (χ3v) is 5.98. The lowest BCUT2D eigenvalue weighted by molar-refractivity contribution is 0.116. The largest absolute Gasteiger partial charge is 0.368 e. The fraction of sp³-hybridized carbons (Fsp3) is 0.650. The third-order valence-electron chi connectivity index (χ3n) is 5.66. The van der Waals surface area contributed by atoms with E-state index in [9.17, 15) is 0 Å². The Bertz CT molecular complexity index is 643. The topological polar surface area (TPSA) is 46.1 Å². The van der Waals surface area contributed by atoms with E-state index in [-0.39, 0.29) is 24.0 Å². The van der Waals surface area contributed by atoms with E-state index in [1.54, 1.807) is 0 Å². The molecule has 0 amide bonds. The van der Waals surface area contributed by atoms with E-state index >= 15 is 0 Å². The predicted octanol–water partition coefficient (Wildman–Crippen LogP) is 2.34. The summed E-state index contributed by atoms with van der Waals surface area (Å²) in [5.74, 6) is 0.891. The van der Waals surface area contributed by atoms with Gasteiger partial charge in [-0.2, -0.15) is 0 Å². The number of anilines is 1. The number of nitrogens with zero attached hydrogens (tertiary/aromatic N) is 4. The molecule has 1 aromatic carbocycles. The number of hydrogen-bond donors (Lipinski definition) is 2. The van der Waals surface area contributed by atoms with Crippen LogP contribution in [0, 0.1) is 0 Å². The van der Waals surface area contributed by atoms with Crippen molar-refractivity contribution in [3.8, 4) is 0 Å². The first-order chi connectivity index (χ1) is 13.1. The maximum Gasteiger partial charge on any atom is 0.191 e. The molecule has 2 N–H and O–H groups in total. The number of hydrogen-bond acceptors (Lipinski definition) is 4. The van der Waals surface area contributed by atoms with Gasteiger partial charge < -0.3 is 20.4 Å². The SMILES string of the molecule is CN=C(NCC1CN(C)CCN1C)NC1CCCN(c2ccccc2Cl)C1.I. The molecule has 2 atom stereocenters. The average molecular weight is 521 g/mol. The molecule has 2 aliphatic heterocycles. The molecule has 0 aliphatic carbocycles.